The Morgan fingerprint density at radius 1 is 1.15 bits per heavy atom. The molecule has 1 heterocycles. The summed E-state index contributed by atoms with van der Waals surface area (Å²) in [5.74, 6) is 0.523. The molecule has 0 saturated heterocycles. The van der Waals surface area contributed by atoms with Crippen LogP contribution in [0.15, 0.2) is 54.6 Å². The molecule has 0 fully saturated rings. The number of alkyl carbamates (subject to hydrolysis) is 1. The van der Waals surface area contributed by atoms with Crippen LogP contribution < -0.4 is 15.4 Å². The number of hydrogen-bond acceptors (Lipinski definition) is 4. The van der Waals surface area contributed by atoms with Gasteiger partial charge >= 0.3 is 6.09 Å². The molecular weight excluding hydrogens is 332 g/mol. The number of hydrogen-bond donors (Lipinski definition) is 2. The molecule has 6 nitrogen and oxygen atoms in total. The van der Waals surface area contributed by atoms with Gasteiger partial charge in [-0.15, -0.1) is 0 Å². The predicted molar refractivity (Wildman–Crippen MR) is 96.7 cm³/mol. The Labute approximate surface area is 152 Å². The van der Waals surface area contributed by atoms with E-state index in [1.807, 2.05) is 54.6 Å². The lowest BCUT2D eigenvalue weighted by Gasteiger charge is -2.27. The number of carbonyl (C=O) groups is 2. The summed E-state index contributed by atoms with van der Waals surface area (Å²) < 4.78 is 10.7. The zero-order chi connectivity index (χ0) is 18.4. The number of nitrogens with one attached hydrogen (secondary N) is 2. The van der Waals surface area contributed by atoms with Crippen LogP contribution >= 0.6 is 0 Å². The largest absolute Gasteiger partial charge is 0.493 e. The van der Waals surface area contributed by atoms with Crippen molar-refractivity contribution in [3.05, 3.63) is 65.7 Å². The SMILES string of the molecule is CC(NC(=O)OCc1ccccc1)C(=O)NC1CCOc2ccccc21. The van der Waals surface area contributed by atoms with E-state index in [-0.39, 0.29) is 18.6 Å². The van der Waals surface area contributed by atoms with Crippen LogP contribution in [0.2, 0.25) is 0 Å². The van der Waals surface area contributed by atoms with Gasteiger partial charge in [-0.2, -0.15) is 0 Å². The van der Waals surface area contributed by atoms with Gasteiger partial charge in [-0.05, 0) is 18.6 Å². The molecule has 6 heteroatoms. The number of ether oxygens (including phenoxy) is 2. The van der Waals surface area contributed by atoms with E-state index in [1.165, 1.54) is 0 Å². The fourth-order valence-electron chi connectivity index (χ4n) is 2.80. The summed E-state index contributed by atoms with van der Waals surface area (Å²) in [6, 6.07) is 16.2. The van der Waals surface area contributed by atoms with E-state index >= 15 is 0 Å². The molecule has 2 amide bonds. The quantitative estimate of drug-likeness (QED) is 0.865. The Bertz CT molecular complexity index is 763. The second-order valence-electron chi connectivity index (χ2n) is 6.16. The fraction of sp³-hybridized carbons (Fsp3) is 0.300. The third-order valence-corrected chi connectivity index (χ3v) is 4.22. The molecule has 136 valence electrons. The van der Waals surface area contributed by atoms with Crippen molar-refractivity contribution in [3.8, 4) is 5.75 Å². The van der Waals surface area contributed by atoms with E-state index < -0.39 is 12.1 Å². The first-order valence-electron chi connectivity index (χ1n) is 8.63. The monoisotopic (exact) mass is 354 g/mol. The molecule has 1 aliphatic rings. The van der Waals surface area contributed by atoms with E-state index in [0.29, 0.717) is 13.0 Å². The lowest BCUT2D eigenvalue weighted by molar-refractivity contribution is -0.123. The van der Waals surface area contributed by atoms with Gasteiger partial charge in [0.2, 0.25) is 5.91 Å². The minimum absolute atomic E-state index is 0.128. The van der Waals surface area contributed by atoms with Crippen molar-refractivity contribution in [2.24, 2.45) is 0 Å². The standard InChI is InChI=1S/C20H22N2O4/c1-14(21-20(24)26-13-15-7-3-2-4-8-15)19(23)22-17-11-12-25-18-10-6-5-9-16(17)18/h2-10,14,17H,11-13H2,1H3,(H,21,24)(H,22,23). The zero-order valence-corrected chi connectivity index (χ0v) is 14.6. The van der Waals surface area contributed by atoms with Crippen molar-refractivity contribution in [2.75, 3.05) is 6.61 Å². The number of carbonyl (C=O) groups excluding carboxylic acids is 2. The van der Waals surface area contributed by atoms with Crippen LogP contribution in [0.5, 0.6) is 5.75 Å². The Morgan fingerprint density at radius 2 is 1.88 bits per heavy atom. The molecule has 0 bridgehead atoms. The summed E-state index contributed by atoms with van der Waals surface area (Å²) >= 11 is 0. The Morgan fingerprint density at radius 3 is 2.69 bits per heavy atom. The second-order valence-corrected chi connectivity index (χ2v) is 6.16. The molecule has 3 rings (SSSR count). The summed E-state index contributed by atoms with van der Waals surface area (Å²) in [5.41, 5.74) is 1.84. The molecule has 2 aromatic rings. The highest BCUT2D eigenvalue weighted by Crippen LogP contribution is 2.31. The minimum Gasteiger partial charge on any atom is -0.493 e. The smallest absolute Gasteiger partial charge is 0.408 e. The Balaban J connectivity index is 1.50. The first kappa shape index (κ1) is 17.8. The topological polar surface area (TPSA) is 76.7 Å². The van der Waals surface area contributed by atoms with Crippen LogP contribution in [-0.4, -0.2) is 24.6 Å². The minimum atomic E-state index is -0.701. The summed E-state index contributed by atoms with van der Waals surface area (Å²) in [7, 11) is 0. The summed E-state index contributed by atoms with van der Waals surface area (Å²) in [6.07, 6.45) is 0.0670. The third-order valence-electron chi connectivity index (χ3n) is 4.22. The number of para-hydroxylation sites is 1. The van der Waals surface area contributed by atoms with Crippen LogP contribution in [0.4, 0.5) is 4.79 Å². The van der Waals surface area contributed by atoms with Crippen LogP contribution in [-0.2, 0) is 16.1 Å². The zero-order valence-electron chi connectivity index (χ0n) is 14.6. The van der Waals surface area contributed by atoms with Crippen LogP contribution in [0.1, 0.15) is 30.5 Å². The molecule has 0 spiro atoms. The van der Waals surface area contributed by atoms with E-state index in [2.05, 4.69) is 10.6 Å². The average molecular weight is 354 g/mol. The van der Waals surface area contributed by atoms with Gasteiger partial charge in [0, 0.05) is 12.0 Å². The van der Waals surface area contributed by atoms with Crippen molar-refractivity contribution in [1.82, 2.24) is 10.6 Å². The maximum atomic E-state index is 12.4. The van der Waals surface area contributed by atoms with Gasteiger partial charge in [-0.25, -0.2) is 4.79 Å². The van der Waals surface area contributed by atoms with Gasteiger partial charge in [-0.3, -0.25) is 4.79 Å². The van der Waals surface area contributed by atoms with Gasteiger partial charge in [0.25, 0.3) is 0 Å². The highest BCUT2D eigenvalue weighted by molar-refractivity contribution is 5.85. The summed E-state index contributed by atoms with van der Waals surface area (Å²) in [6.45, 7) is 2.33. The second kappa shape index (κ2) is 8.38. The van der Waals surface area contributed by atoms with E-state index in [9.17, 15) is 9.59 Å². The molecule has 0 saturated carbocycles. The van der Waals surface area contributed by atoms with E-state index in [4.69, 9.17) is 9.47 Å². The molecule has 2 N–H and O–H groups in total. The molecule has 2 aromatic carbocycles. The third kappa shape index (κ3) is 4.53. The molecule has 1 aliphatic heterocycles. The summed E-state index contributed by atoms with van der Waals surface area (Å²) in [5, 5.41) is 5.52. The number of fused-ring (bicyclic) bond motifs is 1. The van der Waals surface area contributed by atoms with Crippen molar-refractivity contribution in [2.45, 2.75) is 32.0 Å². The van der Waals surface area contributed by atoms with Gasteiger partial charge < -0.3 is 20.1 Å². The number of benzene rings is 2. The van der Waals surface area contributed by atoms with Crippen LogP contribution in [0, 0.1) is 0 Å². The molecule has 26 heavy (non-hydrogen) atoms. The summed E-state index contributed by atoms with van der Waals surface area (Å²) in [4.78, 5) is 24.3. The molecule has 0 aromatic heterocycles. The van der Waals surface area contributed by atoms with Crippen molar-refractivity contribution in [1.29, 1.82) is 0 Å². The van der Waals surface area contributed by atoms with Gasteiger partial charge in [0.05, 0.1) is 12.6 Å². The lowest BCUT2D eigenvalue weighted by atomic mass is 10.0. The van der Waals surface area contributed by atoms with Gasteiger partial charge in [0.1, 0.15) is 18.4 Å². The van der Waals surface area contributed by atoms with E-state index in [1.54, 1.807) is 6.92 Å². The number of rotatable bonds is 5. The number of amides is 2. The van der Waals surface area contributed by atoms with Crippen molar-refractivity contribution in [3.63, 3.8) is 0 Å². The van der Waals surface area contributed by atoms with E-state index in [0.717, 1.165) is 16.9 Å². The normalized spacial score (nSPS) is 16.6. The van der Waals surface area contributed by atoms with Crippen LogP contribution in [0.3, 0.4) is 0 Å². The van der Waals surface area contributed by atoms with Crippen LogP contribution in [0.25, 0.3) is 0 Å². The highest BCUT2D eigenvalue weighted by Gasteiger charge is 2.25. The van der Waals surface area contributed by atoms with Crippen molar-refractivity contribution >= 4 is 12.0 Å². The Kier molecular flexibility index (Phi) is 5.73. The lowest BCUT2D eigenvalue weighted by Crippen LogP contribution is -2.46. The predicted octanol–water partition coefficient (Wildman–Crippen LogP) is 2.94. The fourth-order valence-corrected chi connectivity index (χ4v) is 2.80. The molecule has 0 radical (unpaired) electrons. The molecule has 2 atom stereocenters. The molecule has 2 unspecified atom stereocenters. The maximum absolute atomic E-state index is 12.4. The van der Waals surface area contributed by atoms with Gasteiger partial charge in [-0.1, -0.05) is 48.5 Å². The van der Waals surface area contributed by atoms with Crippen molar-refractivity contribution < 1.29 is 19.1 Å². The highest BCUT2D eigenvalue weighted by atomic mass is 16.5. The van der Waals surface area contributed by atoms with Gasteiger partial charge in [0.15, 0.2) is 0 Å². The molecular formula is C20H22N2O4. The first-order chi connectivity index (χ1) is 12.6. The maximum Gasteiger partial charge on any atom is 0.408 e. The average Bonchev–Trinajstić information content (AvgIpc) is 2.67. The molecule has 0 aliphatic carbocycles. The first-order valence-corrected chi connectivity index (χ1v) is 8.63. The Hall–Kier alpha value is -3.02.